The van der Waals surface area contributed by atoms with Gasteiger partial charge in [-0.15, -0.1) is 6.58 Å². The van der Waals surface area contributed by atoms with Gasteiger partial charge in [0.2, 0.25) is 0 Å². The second-order valence-corrected chi connectivity index (χ2v) is 4.86. The molecule has 16 heavy (non-hydrogen) atoms. The molecule has 0 aliphatic heterocycles. The SMILES string of the molecule is C=CCCCC(NN)c1ccc(Br)cc1C. The Bertz CT molecular complexity index is 350. The highest BCUT2D eigenvalue weighted by atomic mass is 79.9. The molecule has 0 heterocycles. The van der Waals surface area contributed by atoms with Crippen molar-refractivity contribution in [3.8, 4) is 0 Å². The summed E-state index contributed by atoms with van der Waals surface area (Å²) in [5, 5.41) is 0. The zero-order chi connectivity index (χ0) is 12.0. The molecule has 1 atom stereocenters. The van der Waals surface area contributed by atoms with Crippen LogP contribution in [0.5, 0.6) is 0 Å². The van der Waals surface area contributed by atoms with Gasteiger partial charge < -0.3 is 0 Å². The van der Waals surface area contributed by atoms with Crippen LogP contribution in [0.25, 0.3) is 0 Å². The van der Waals surface area contributed by atoms with Crippen LogP contribution in [0, 0.1) is 6.92 Å². The monoisotopic (exact) mass is 282 g/mol. The number of halogens is 1. The number of benzene rings is 1. The number of rotatable bonds is 6. The molecule has 0 aliphatic rings. The third-order valence-electron chi connectivity index (χ3n) is 2.71. The van der Waals surface area contributed by atoms with Gasteiger partial charge in [0.15, 0.2) is 0 Å². The lowest BCUT2D eigenvalue weighted by molar-refractivity contribution is 0.499. The number of nitrogens with one attached hydrogen (secondary N) is 1. The van der Waals surface area contributed by atoms with Crippen molar-refractivity contribution in [3.63, 3.8) is 0 Å². The van der Waals surface area contributed by atoms with E-state index in [1.165, 1.54) is 11.1 Å². The Balaban J connectivity index is 2.74. The molecule has 88 valence electrons. The standard InChI is InChI=1S/C13H19BrN2/c1-3-4-5-6-13(16-15)12-8-7-11(14)9-10(12)2/h3,7-9,13,16H,1,4-6,15H2,2H3. The van der Waals surface area contributed by atoms with Crippen molar-refractivity contribution in [2.45, 2.75) is 32.2 Å². The Morgan fingerprint density at radius 2 is 2.31 bits per heavy atom. The highest BCUT2D eigenvalue weighted by Gasteiger charge is 2.11. The van der Waals surface area contributed by atoms with Crippen molar-refractivity contribution < 1.29 is 0 Å². The van der Waals surface area contributed by atoms with Crippen molar-refractivity contribution in [2.75, 3.05) is 0 Å². The molecule has 0 aromatic heterocycles. The molecule has 1 unspecified atom stereocenters. The first-order valence-electron chi connectivity index (χ1n) is 5.52. The predicted molar refractivity (Wildman–Crippen MR) is 73.0 cm³/mol. The first-order valence-corrected chi connectivity index (χ1v) is 6.31. The highest BCUT2D eigenvalue weighted by Crippen LogP contribution is 2.24. The maximum absolute atomic E-state index is 5.61. The van der Waals surface area contributed by atoms with E-state index in [1.54, 1.807) is 0 Å². The number of hydrogen-bond acceptors (Lipinski definition) is 2. The average molecular weight is 283 g/mol. The van der Waals surface area contributed by atoms with Gasteiger partial charge in [0, 0.05) is 10.5 Å². The number of hydrogen-bond donors (Lipinski definition) is 2. The quantitative estimate of drug-likeness (QED) is 0.362. The topological polar surface area (TPSA) is 38.0 Å². The van der Waals surface area contributed by atoms with Crippen LogP contribution in [0.4, 0.5) is 0 Å². The molecule has 0 radical (unpaired) electrons. The van der Waals surface area contributed by atoms with E-state index in [-0.39, 0.29) is 6.04 Å². The number of unbranched alkanes of at least 4 members (excludes halogenated alkanes) is 1. The van der Waals surface area contributed by atoms with Crippen molar-refractivity contribution in [1.82, 2.24) is 5.43 Å². The van der Waals surface area contributed by atoms with Gasteiger partial charge in [-0.1, -0.05) is 28.1 Å². The summed E-state index contributed by atoms with van der Waals surface area (Å²) in [6.45, 7) is 5.84. The van der Waals surface area contributed by atoms with E-state index in [0.717, 1.165) is 23.7 Å². The number of allylic oxidation sites excluding steroid dienone is 1. The van der Waals surface area contributed by atoms with Gasteiger partial charge in [0.1, 0.15) is 0 Å². The Kier molecular flexibility index (Phi) is 5.74. The van der Waals surface area contributed by atoms with Gasteiger partial charge in [-0.05, 0) is 49.4 Å². The van der Waals surface area contributed by atoms with Crippen LogP contribution in [-0.2, 0) is 0 Å². The molecule has 0 saturated carbocycles. The van der Waals surface area contributed by atoms with Gasteiger partial charge in [-0.25, -0.2) is 0 Å². The molecule has 2 nitrogen and oxygen atoms in total. The zero-order valence-corrected chi connectivity index (χ0v) is 11.3. The fraction of sp³-hybridized carbons (Fsp3) is 0.385. The zero-order valence-electron chi connectivity index (χ0n) is 9.67. The van der Waals surface area contributed by atoms with Gasteiger partial charge in [0.25, 0.3) is 0 Å². The van der Waals surface area contributed by atoms with Crippen LogP contribution in [0.15, 0.2) is 35.3 Å². The molecule has 0 spiro atoms. The largest absolute Gasteiger partial charge is 0.271 e. The minimum atomic E-state index is 0.230. The Morgan fingerprint density at radius 1 is 1.56 bits per heavy atom. The molecule has 3 N–H and O–H groups in total. The summed E-state index contributed by atoms with van der Waals surface area (Å²) in [6, 6.07) is 6.53. The van der Waals surface area contributed by atoms with Crippen LogP contribution in [0.1, 0.15) is 36.4 Å². The Morgan fingerprint density at radius 3 is 2.88 bits per heavy atom. The van der Waals surface area contributed by atoms with E-state index in [1.807, 2.05) is 6.08 Å². The maximum atomic E-state index is 5.61. The normalized spacial score (nSPS) is 12.4. The second kappa shape index (κ2) is 6.84. The summed E-state index contributed by atoms with van der Waals surface area (Å²) in [5.74, 6) is 5.61. The lowest BCUT2D eigenvalue weighted by Gasteiger charge is -2.18. The first kappa shape index (κ1) is 13.4. The summed E-state index contributed by atoms with van der Waals surface area (Å²) in [4.78, 5) is 0. The summed E-state index contributed by atoms with van der Waals surface area (Å²) in [5.41, 5.74) is 5.42. The molecule has 1 aromatic rings. The minimum Gasteiger partial charge on any atom is -0.271 e. The van der Waals surface area contributed by atoms with Gasteiger partial charge in [-0.3, -0.25) is 11.3 Å². The smallest absolute Gasteiger partial charge is 0.0462 e. The van der Waals surface area contributed by atoms with Crippen molar-refractivity contribution in [1.29, 1.82) is 0 Å². The number of hydrazine groups is 1. The summed E-state index contributed by atoms with van der Waals surface area (Å²) >= 11 is 3.47. The fourth-order valence-electron chi connectivity index (χ4n) is 1.83. The van der Waals surface area contributed by atoms with E-state index in [4.69, 9.17) is 5.84 Å². The molecule has 0 amide bonds. The number of aryl methyl sites for hydroxylation is 1. The molecule has 0 saturated heterocycles. The predicted octanol–water partition coefficient (Wildman–Crippen LogP) is 3.62. The highest BCUT2D eigenvalue weighted by molar-refractivity contribution is 9.10. The molecular formula is C13H19BrN2. The van der Waals surface area contributed by atoms with Crippen LogP contribution in [0.3, 0.4) is 0 Å². The third kappa shape index (κ3) is 3.74. The second-order valence-electron chi connectivity index (χ2n) is 3.94. The van der Waals surface area contributed by atoms with Crippen molar-refractivity contribution in [2.24, 2.45) is 5.84 Å². The molecule has 1 rings (SSSR count). The maximum Gasteiger partial charge on any atom is 0.0462 e. The molecule has 1 aromatic carbocycles. The van der Waals surface area contributed by atoms with Crippen LogP contribution in [0.2, 0.25) is 0 Å². The van der Waals surface area contributed by atoms with Gasteiger partial charge in [-0.2, -0.15) is 0 Å². The van der Waals surface area contributed by atoms with Gasteiger partial charge in [0.05, 0.1) is 0 Å². The minimum absolute atomic E-state index is 0.230. The number of nitrogens with two attached hydrogens (primary N) is 1. The summed E-state index contributed by atoms with van der Waals surface area (Å²) in [6.07, 6.45) is 5.12. The van der Waals surface area contributed by atoms with E-state index in [9.17, 15) is 0 Å². The lowest BCUT2D eigenvalue weighted by atomic mass is 9.97. The van der Waals surface area contributed by atoms with Gasteiger partial charge >= 0.3 is 0 Å². The molecule has 3 heteroatoms. The van der Waals surface area contributed by atoms with Crippen LogP contribution >= 0.6 is 15.9 Å². The molecule has 0 bridgehead atoms. The van der Waals surface area contributed by atoms with E-state index in [2.05, 4.69) is 53.1 Å². The average Bonchev–Trinajstić information content (AvgIpc) is 2.26. The fourth-order valence-corrected chi connectivity index (χ4v) is 2.30. The third-order valence-corrected chi connectivity index (χ3v) is 3.20. The first-order chi connectivity index (χ1) is 7.69. The summed E-state index contributed by atoms with van der Waals surface area (Å²) in [7, 11) is 0. The van der Waals surface area contributed by atoms with Crippen LogP contribution in [-0.4, -0.2) is 0 Å². The Labute approximate surface area is 106 Å². The molecular weight excluding hydrogens is 264 g/mol. The lowest BCUT2D eigenvalue weighted by Crippen LogP contribution is -2.28. The Hall–Kier alpha value is -0.640. The van der Waals surface area contributed by atoms with Crippen molar-refractivity contribution >= 4 is 15.9 Å². The van der Waals surface area contributed by atoms with E-state index < -0.39 is 0 Å². The molecule has 0 fully saturated rings. The van der Waals surface area contributed by atoms with E-state index >= 15 is 0 Å². The van der Waals surface area contributed by atoms with Crippen molar-refractivity contribution in [3.05, 3.63) is 46.5 Å². The van der Waals surface area contributed by atoms with Crippen LogP contribution < -0.4 is 11.3 Å². The van der Waals surface area contributed by atoms with E-state index in [0.29, 0.717) is 0 Å². The summed E-state index contributed by atoms with van der Waals surface area (Å²) < 4.78 is 1.11. The molecule has 0 aliphatic carbocycles.